The predicted molar refractivity (Wildman–Crippen MR) is 77.7 cm³/mol. The van der Waals surface area contributed by atoms with Gasteiger partial charge in [0, 0.05) is 32.1 Å². The summed E-state index contributed by atoms with van der Waals surface area (Å²) in [5.74, 6) is 2.92. The standard InChI is InChI=1S/C14H21N5O/c1-16-11-7-12(18-14(17-11)9-4-5-9)19-6-2-3-10(8-19)13(15)20/h7,9-10H,2-6,8H2,1H3,(H2,15,20)(H,16,17,18). The zero-order chi connectivity index (χ0) is 14.1. The first kappa shape index (κ1) is 13.1. The molecule has 3 N–H and O–H groups in total. The van der Waals surface area contributed by atoms with Crippen LogP contribution in [0.3, 0.4) is 0 Å². The summed E-state index contributed by atoms with van der Waals surface area (Å²) in [4.78, 5) is 22.8. The van der Waals surface area contributed by atoms with E-state index in [2.05, 4.69) is 20.2 Å². The zero-order valence-electron chi connectivity index (χ0n) is 11.8. The number of aromatic nitrogens is 2. The van der Waals surface area contributed by atoms with Gasteiger partial charge in [-0.3, -0.25) is 4.79 Å². The molecule has 0 spiro atoms. The number of rotatable bonds is 4. The maximum Gasteiger partial charge on any atom is 0.222 e. The summed E-state index contributed by atoms with van der Waals surface area (Å²) >= 11 is 0. The Kier molecular flexibility index (Phi) is 3.46. The van der Waals surface area contributed by atoms with E-state index in [9.17, 15) is 4.79 Å². The molecule has 2 heterocycles. The highest BCUT2D eigenvalue weighted by atomic mass is 16.1. The van der Waals surface area contributed by atoms with Gasteiger partial charge in [0.2, 0.25) is 5.91 Å². The van der Waals surface area contributed by atoms with Crippen molar-refractivity contribution in [1.29, 1.82) is 0 Å². The van der Waals surface area contributed by atoms with Gasteiger partial charge in [-0.05, 0) is 25.7 Å². The van der Waals surface area contributed by atoms with Crippen molar-refractivity contribution in [2.45, 2.75) is 31.6 Å². The molecule has 2 fully saturated rings. The predicted octanol–water partition coefficient (Wildman–Crippen LogP) is 1.10. The molecule has 2 aliphatic rings. The van der Waals surface area contributed by atoms with Crippen LogP contribution in [0.2, 0.25) is 0 Å². The van der Waals surface area contributed by atoms with Crippen molar-refractivity contribution in [3.05, 3.63) is 11.9 Å². The highest BCUT2D eigenvalue weighted by Gasteiger charge is 2.29. The van der Waals surface area contributed by atoms with Gasteiger partial charge in [0.1, 0.15) is 17.5 Å². The molecule has 1 aliphatic carbocycles. The Morgan fingerprint density at radius 1 is 1.40 bits per heavy atom. The summed E-state index contributed by atoms with van der Waals surface area (Å²) in [5.41, 5.74) is 5.44. The normalized spacial score (nSPS) is 22.6. The van der Waals surface area contributed by atoms with Crippen LogP contribution in [0.5, 0.6) is 0 Å². The van der Waals surface area contributed by atoms with E-state index in [1.807, 2.05) is 13.1 Å². The topological polar surface area (TPSA) is 84.1 Å². The molecule has 1 amide bonds. The van der Waals surface area contributed by atoms with Gasteiger partial charge >= 0.3 is 0 Å². The number of carbonyl (C=O) groups excluding carboxylic acids is 1. The fraction of sp³-hybridized carbons (Fsp3) is 0.643. The van der Waals surface area contributed by atoms with Crippen LogP contribution in [0.1, 0.15) is 37.4 Å². The molecule has 108 valence electrons. The highest BCUT2D eigenvalue weighted by Crippen LogP contribution is 2.39. The molecule has 0 bridgehead atoms. The fourth-order valence-electron chi connectivity index (χ4n) is 2.68. The van der Waals surface area contributed by atoms with E-state index in [1.54, 1.807) is 0 Å². The van der Waals surface area contributed by atoms with Crippen LogP contribution >= 0.6 is 0 Å². The van der Waals surface area contributed by atoms with E-state index in [0.29, 0.717) is 12.5 Å². The Morgan fingerprint density at radius 2 is 2.20 bits per heavy atom. The summed E-state index contributed by atoms with van der Waals surface area (Å²) < 4.78 is 0. The number of hydrogen-bond acceptors (Lipinski definition) is 5. The average Bonchev–Trinajstić information content (AvgIpc) is 3.31. The van der Waals surface area contributed by atoms with Crippen LogP contribution in [0, 0.1) is 5.92 Å². The van der Waals surface area contributed by atoms with Crippen molar-refractivity contribution >= 4 is 17.5 Å². The molecule has 1 aromatic heterocycles. The third kappa shape index (κ3) is 2.69. The second kappa shape index (κ2) is 5.26. The first-order valence-electron chi connectivity index (χ1n) is 7.28. The quantitative estimate of drug-likeness (QED) is 0.859. The van der Waals surface area contributed by atoms with Crippen LogP contribution in [0.15, 0.2) is 6.07 Å². The lowest BCUT2D eigenvalue weighted by molar-refractivity contribution is -0.122. The summed E-state index contributed by atoms with van der Waals surface area (Å²) in [6.07, 6.45) is 4.21. The van der Waals surface area contributed by atoms with E-state index in [4.69, 9.17) is 5.73 Å². The number of nitrogens with two attached hydrogens (primary N) is 1. The molecule has 20 heavy (non-hydrogen) atoms. The third-order valence-corrected chi connectivity index (χ3v) is 4.08. The molecule has 1 saturated carbocycles. The Hall–Kier alpha value is -1.85. The molecule has 0 radical (unpaired) electrons. The van der Waals surface area contributed by atoms with Crippen LogP contribution in [0.25, 0.3) is 0 Å². The summed E-state index contributed by atoms with van der Waals surface area (Å²) in [7, 11) is 1.87. The van der Waals surface area contributed by atoms with Gasteiger partial charge in [-0.1, -0.05) is 0 Å². The summed E-state index contributed by atoms with van der Waals surface area (Å²) in [6.45, 7) is 1.59. The molecule has 0 aromatic carbocycles. The van der Waals surface area contributed by atoms with Gasteiger partial charge in [0.15, 0.2) is 0 Å². The molecule has 1 unspecified atom stereocenters. The molecule has 6 heteroatoms. The van der Waals surface area contributed by atoms with E-state index in [-0.39, 0.29) is 11.8 Å². The van der Waals surface area contributed by atoms with E-state index >= 15 is 0 Å². The van der Waals surface area contributed by atoms with Gasteiger partial charge in [-0.25, -0.2) is 9.97 Å². The molecule has 1 saturated heterocycles. The minimum atomic E-state index is -0.208. The minimum Gasteiger partial charge on any atom is -0.373 e. The van der Waals surface area contributed by atoms with Gasteiger partial charge in [-0.2, -0.15) is 0 Å². The van der Waals surface area contributed by atoms with Crippen molar-refractivity contribution in [3.8, 4) is 0 Å². The van der Waals surface area contributed by atoms with Crippen molar-refractivity contribution < 1.29 is 4.79 Å². The molecule has 1 aromatic rings. The Labute approximate surface area is 118 Å². The maximum absolute atomic E-state index is 11.4. The molecule has 3 rings (SSSR count). The number of nitrogens with one attached hydrogen (secondary N) is 1. The summed E-state index contributed by atoms with van der Waals surface area (Å²) in [6, 6.07) is 1.95. The number of piperidine rings is 1. The van der Waals surface area contributed by atoms with E-state index in [1.165, 1.54) is 12.8 Å². The van der Waals surface area contributed by atoms with Gasteiger partial charge < -0.3 is 16.0 Å². The second-order valence-corrected chi connectivity index (χ2v) is 5.68. The number of nitrogens with zero attached hydrogens (tertiary/aromatic N) is 3. The lowest BCUT2D eigenvalue weighted by Gasteiger charge is -2.32. The number of amides is 1. The number of hydrogen-bond donors (Lipinski definition) is 2. The second-order valence-electron chi connectivity index (χ2n) is 5.68. The first-order valence-corrected chi connectivity index (χ1v) is 7.28. The highest BCUT2D eigenvalue weighted by molar-refractivity contribution is 5.77. The van der Waals surface area contributed by atoms with Crippen molar-refractivity contribution in [3.63, 3.8) is 0 Å². The summed E-state index contributed by atoms with van der Waals surface area (Å²) in [5, 5.41) is 3.09. The lowest BCUT2D eigenvalue weighted by Crippen LogP contribution is -2.41. The first-order chi connectivity index (χ1) is 9.67. The Balaban J connectivity index is 1.84. The van der Waals surface area contributed by atoms with E-state index in [0.717, 1.165) is 36.8 Å². The SMILES string of the molecule is CNc1cc(N2CCCC(C(N)=O)C2)nc(C2CC2)n1. The van der Waals surface area contributed by atoms with Gasteiger partial charge in [-0.15, -0.1) is 0 Å². The molecule has 1 aliphatic heterocycles. The van der Waals surface area contributed by atoms with Crippen LogP contribution < -0.4 is 16.0 Å². The number of anilines is 2. The third-order valence-electron chi connectivity index (χ3n) is 4.08. The monoisotopic (exact) mass is 275 g/mol. The fourth-order valence-corrected chi connectivity index (χ4v) is 2.68. The lowest BCUT2D eigenvalue weighted by atomic mass is 9.97. The Morgan fingerprint density at radius 3 is 2.85 bits per heavy atom. The van der Waals surface area contributed by atoms with Crippen molar-refractivity contribution in [1.82, 2.24) is 9.97 Å². The van der Waals surface area contributed by atoms with Crippen LogP contribution in [0.4, 0.5) is 11.6 Å². The molecule has 6 nitrogen and oxygen atoms in total. The minimum absolute atomic E-state index is 0.0684. The van der Waals surface area contributed by atoms with Gasteiger partial charge in [0.05, 0.1) is 5.92 Å². The van der Waals surface area contributed by atoms with Crippen LogP contribution in [-0.2, 0) is 4.79 Å². The largest absolute Gasteiger partial charge is 0.373 e. The van der Waals surface area contributed by atoms with Crippen molar-refractivity contribution in [2.24, 2.45) is 11.7 Å². The smallest absolute Gasteiger partial charge is 0.222 e. The maximum atomic E-state index is 11.4. The van der Waals surface area contributed by atoms with Crippen LogP contribution in [-0.4, -0.2) is 36.0 Å². The number of carbonyl (C=O) groups is 1. The van der Waals surface area contributed by atoms with Crippen molar-refractivity contribution in [2.75, 3.05) is 30.4 Å². The number of primary amides is 1. The molecular formula is C14H21N5O. The average molecular weight is 275 g/mol. The molecular weight excluding hydrogens is 254 g/mol. The molecule has 1 atom stereocenters. The van der Waals surface area contributed by atoms with Gasteiger partial charge in [0.25, 0.3) is 0 Å². The zero-order valence-corrected chi connectivity index (χ0v) is 11.8. The Bertz CT molecular complexity index is 514. The van der Waals surface area contributed by atoms with E-state index < -0.39 is 0 Å².